The van der Waals surface area contributed by atoms with Gasteiger partial charge in [-0.3, -0.25) is 0 Å². The Balaban J connectivity index is 2.06. The third-order valence-electron chi connectivity index (χ3n) is 3.62. The zero-order chi connectivity index (χ0) is 14.8. The van der Waals surface area contributed by atoms with Crippen LogP contribution in [0.3, 0.4) is 0 Å². The van der Waals surface area contributed by atoms with Crippen LogP contribution in [0.2, 0.25) is 0 Å². The summed E-state index contributed by atoms with van der Waals surface area (Å²) in [6.45, 7) is 0.455. The number of halogens is 4. The van der Waals surface area contributed by atoms with Crippen LogP contribution < -0.4 is 5.32 Å². The summed E-state index contributed by atoms with van der Waals surface area (Å²) in [7, 11) is 0. The quantitative estimate of drug-likeness (QED) is 0.844. The van der Waals surface area contributed by atoms with Gasteiger partial charge in [0.1, 0.15) is 0 Å². The van der Waals surface area contributed by atoms with Gasteiger partial charge in [-0.05, 0) is 43.4 Å². The Morgan fingerprint density at radius 1 is 1.30 bits per heavy atom. The molecule has 20 heavy (non-hydrogen) atoms. The monoisotopic (exact) mass is 351 g/mol. The summed E-state index contributed by atoms with van der Waals surface area (Å²) < 4.78 is 39.3. The topological polar surface area (TPSA) is 32.3 Å². The molecular formula is C14H17BrF3NO. The van der Waals surface area contributed by atoms with Crippen molar-refractivity contribution in [1.29, 1.82) is 0 Å². The van der Waals surface area contributed by atoms with Crippen molar-refractivity contribution in [3.05, 3.63) is 28.2 Å². The van der Waals surface area contributed by atoms with E-state index < -0.39 is 11.7 Å². The maximum Gasteiger partial charge on any atom is 0.418 e. The zero-order valence-corrected chi connectivity index (χ0v) is 12.5. The van der Waals surface area contributed by atoms with Crippen molar-refractivity contribution in [3.8, 4) is 0 Å². The molecule has 0 aromatic heterocycles. The molecule has 1 fully saturated rings. The van der Waals surface area contributed by atoms with E-state index in [0.29, 0.717) is 17.4 Å². The van der Waals surface area contributed by atoms with Crippen molar-refractivity contribution in [3.63, 3.8) is 0 Å². The molecule has 1 aromatic carbocycles. The predicted octanol–water partition coefficient (Wildman–Crippen LogP) is 4.43. The minimum Gasteiger partial charge on any atom is -0.393 e. The van der Waals surface area contributed by atoms with Gasteiger partial charge in [-0.15, -0.1) is 0 Å². The molecule has 1 aliphatic rings. The smallest absolute Gasteiger partial charge is 0.393 e. The summed E-state index contributed by atoms with van der Waals surface area (Å²) in [6, 6.07) is 3.91. The Labute approximate surface area is 124 Å². The fourth-order valence-corrected chi connectivity index (χ4v) is 2.97. The molecular weight excluding hydrogens is 335 g/mol. The van der Waals surface area contributed by atoms with E-state index in [0.717, 1.165) is 25.3 Å². The maximum absolute atomic E-state index is 12.9. The summed E-state index contributed by atoms with van der Waals surface area (Å²) in [4.78, 5) is 0. The predicted molar refractivity (Wildman–Crippen MR) is 75.6 cm³/mol. The third-order valence-corrected chi connectivity index (χ3v) is 4.12. The van der Waals surface area contributed by atoms with Gasteiger partial charge in [0.15, 0.2) is 0 Å². The first-order valence-electron chi connectivity index (χ1n) is 6.65. The number of aliphatic hydroxyl groups is 1. The SMILES string of the molecule is OC1CCCC(CNc2cc(Br)ccc2C(F)(F)F)C1. The van der Waals surface area contributed by atoms with Gasteiger partial charge in [-0.2, -0.15) is 13.2 Å². The maximum atomic E-state index is 12.9. The lowest BCUT2D eigenvalue weighted by Gasteiger charge is -2.27. The molecule has 6 heteroatoms. The molecule has 112 valence electrons. The Morgan fingerprint density at radius 2 is 2.05 bits per heavy atom. The van der Waals surface area contributed by atoms with Crippen LogP contribution in [0.4, 0.5) is 18.9 Å². The summed E-state index contributed by atoms with van der Waals surface area (Å²) in [5, 5.41) is 12.5. The van der Waals surface area contributed by atoms with Crippen LogP contribution in [0, 0.1) is 5.92 Å². The van der Waals surface area contributed by atoms with Crippen molar-refractivity contribution in [2.24, 2.45) is 5.92 Å². The normalized spacial score (nSPS) is 23.6. The second kappa shape index (κ2) is 6.35. The molecule has 1 aromatic rings. The highest BCUT2D eigenvalue weighted by atomic mass is 79.9. The van der Waals surface area contributed by atoms with Crippen LogP contribution in [0.15, 0.2) is 22.7 Å². The summed E-state index contributed by atoms with van der Waals surface area (Å²) in [6.07, 6.45) is -1.36. The van der Waals surface area contributed by atoms with E-state index in [1.54, 1.807) is 0 Å². The fraction of sp³-hybridized carbons (Fsp3) is 0.571. The number of alkyl halides is 3. The molecule has 0 radical (unpaired) electrons. The Morgan fingerprint density at radius 3 is 2.70 bits per heavy atom. The van der Waals surface area contributed by atoms with E-state index in [1.165, 1.54) is 12.1 Å². The average Bonchev–Trinajstić information content (AvgIpc) is 2.35. The molecule has 1 aliphatic carbocycles. The highest BCUT2D eigenvalue weighted by molar-refractivity contribution is 9.10. The van der Waals surface area contributed by atoms with Gasteiger partial charge in [0.25, 0.3) is 0 Å². The molecule has 0 bridgehead atoms. The first-order valence-corrected chi connectivity index (χ1v) is 7.44. The number of hydrogen-bond acceptors (Lipinski definition) is 2. The molecule has 0 saturated heterocycles. The first-order chi connectivity index (χ1) is 9.36. The Hall–Kier alpha value is -0.750. The van der Waals surface area contributed by atoms with Crippen LogP contribution in [0.5, 0.6) is 0 Å². The van der Waals surface area contributed by atoms with Crippen molar-refractivity contribution >= 4 is 21.6 Å². The lowest BCUT2D eigenvalue weighted by Crippen LogP contribution is -2.25. The van der Waals surface area contributed by atoms with Gasteiger partial charge < -0.3 is 10.4 Å². The number of hydrogen-bond donors (Lipinski definition) is 2. The molecule has 0 aliphatic heterocycles. The minimum atomic E-state index is -4.37. The molecule has 0 amide bonds. The lowest BCUT2D eigenvalue weighted by atomic mass is 9.87. The number of nitrogens with one attached hydrogen (secondary N) is 1. The van der Waals surface area contributed by atoms with Gasteiger partial charge in [0, 0.05) is 16.7 Å². The summed E-state index contributed by atoms with van der Waals surface area (Å²) >= 11 is 3.19. The molecule has 1 saturated carbocycles. The van der Waals surface area contributed by atoms with Gasteiger partial charge in [-0.1, -0.05) is 22.4 Å². The number of aliphatic hydroxyl groups excluding tert-OH is 1. The lowest BCUT2D eigenvalue weighted by molar-refractivity contribution is -0.137. The first kappa shape index (κ1) is 15.6. The van der Waals surface area contributed by atoms with Gasteiger partial charge in [0.2, 0.25) is 0 Å². The fourth-order valence-electron chi connectivity index (χ4n) is 2.61. The summed E-state index contributed by atoms with van der Waals surface area (Å²) in [5.74, 6) is 0.221. The summed E-state index contributed by atoms with van der Waals surface area (Å²) in [5.41, 5.74) is -0.566. The second-order valence-electron chi connectivity index (χ2n) is 5.26. The Bertz CT molecular complexity index is 464. The van der Waals surface area contributed by atoms with E-state index >= 15 is 0 Å². The molecule has 2 N–H and O–H groups in total. The molecule has 2 unspecified atom stereocenters. The molecule has 0 spiro atoms. The van der Waals surface area contributed by atoms with Crippen LogP contribution >= 0.6 is 15.9 Å². The van der Waals surface area contributed by atoms with Gasteiger partial charge in [0.05, 0.1) is 11.7 Å². The van der Waals surface area contributed by atoms with E-state index in [1.807, 2.05) is 0 Å². The van der Waals surface area contributed by atoms with E-state index in [4.69, 9.17) is 0 Å². The number of anilines is 1. The van der Waals surface area contributed by atoms with Gasteiger partial charge in [-0.25, -0.2) is 0 Å². The van der Waals surface area contributed by atoms with Crippen LogP contribution in [0.25, 0.3) is 0 Å². The molecule has 2 atom stereocenters. The van der Waals surface area contributed by atoms with Crippen molar-refractivity contribution < 1.29 is 18.3 Å². The number of rotatable bonds is 3. The van der Waals surface area contributed by atoms with Crippen LogP contribution in [-0.4, -0.2) is 17.8 Å². The number of benzene rings is 1. The van der Waals surface area contributed by atoms with Crippen LogP contribution in [0.1, 0.15) is 31.2 Å². The van der Waals surface area contributed by atoms with E-state index in [9.17, 15) is 18.3 Å². The van der Waals surface area contributed by atoms with E-state index in [-0.39, 0.29) is 17.7 Å². The zero-order valence-electron chi connectivity index (χ0n) is 10.9. The highest BCUT2D eigenvalue weighted by Gasteiger charge is 2.33. The van der Waals surface area contributed by atoms with Crippen molar-refractivity contribution in [1.82, 2.24) is 0 Å². The average molecular weight is 352 g/mol. The highest BCUT2D eigenvalue weighted by Crippen LogP contribution is 2.36. The largest absolute Gasteiger partial charge is 0.418 e. The molecule has 2 rings (SSSR count). The minimum absolute atomic E-state index is 0.0898. The van der Waals surface area contributed by atoms with Gasteiger partial charge >= 0.3 is 6.18 Å². The van der Waals surface area contributed by atoms with E-state index in [2.05, 4.69) is 21.2 Å². The Kier molecular flexibility index (Phi) is 4.96. The van der Waals surface area contributed by atoms with Crippen LogP contribution in [-0.2, 0) is 6.18 Å². The molecule has 2 nitrogen and oxygen atoms in total. The third kappa shape index (κ3) is 4.12. The standard InChI is InChI=1S/C14H17BrF3NO/c15-10-4-5-12(14(16,17)18)13(7-10)19-8-9-2-1-3-11(20)6-9/h4-5,7,9,11,19-20H,1-3,6,8H2. The van der Waals surface area contributed by atoms with Crippen molar-refractivity contribution in [2.45, 2.75) is 38.0 Å². The van der Waals surface area contributed by atoms with Crippen molar-refractivity contribution in [2.75, 3.05) is 11.9 Å². The molecule has 0 heterocycles. The second-order valence-corrected chi connectivity index (χ2v) is 6.17.